The van der Waals surface area contributed by atoms with Crippen LogP contribution in [0.5, 0.6) is 0 Å². The molecule has 1 saturated heterocycles. The van der Waals surface area contributed by atoms with Gasteiger partial charge in [-0.25, -0.2) is 0 Å². The Hall–Kier alpha value is -0.870. The van der Waals surface area contributed by atoms with Crippen LogP contribution in [-0.2, 0) is 0 Å². The second-order valence-electron chi connectivity index (χ2n) is 4.69. The number of benzene rings is 1. The molecule has 0 saturated carbocycles. The molecule has 1 aromatic rings. The molecule has 1 amide bonds. The van der Waals surface area contributed by atoms with E-state index in [0.717, 1.165) is 36.7 Å². The molecule has 2 rings (SSSR count). The van der Waals surface area contributed by atoms with Crippen molar-refractivity contribution in [2.24, 2.45) is 0 Å². The summed E-state index contributed by atoms with van der Waals surface area (Å²) in [5, 5.41) is 9.42. The summed E-state index contributed by atoms with van der Waals surface area (Å²) in [5.41, 5.74) is 0.693. The standard InChI is InChI=1S/C14H18BrNO2/c15-12-7-5-11(6-8-12)14(18)16-9-3-1-2-4-13(16)10-17/h5-8,13,17H,1-4,9-10H2. The van der Waals surface area contributed by atoms with E-state index in [9.17, 15) is 9.90 Å². The molecule has 1 aliphatic rings. The number of aliphatic hydroxyl groups is 1. The van der Waals surface area contributed by atoms with Gasteiger partial charge in [-0.1, -0.05) is 28.8 Å². The molecule has 1 atom stereocenters. The molecule has 0 spiro atoms. The summed E-state index contributed by atoms with van der Waals surface area (Å²) in [4.78, 5) is 14.3. The Bertz CT molecular complexity index is 405. The van der Waals surface area contributed by atoms with Crippen LogP contribution in [0.15, 0.2) is 28.7 Å². The highest BCUT2D eigenvalue weighted by Gasteiger charge is 2.25. The summed E-state index contributed by atoms with van der Waals surface area (Å²) in [7, 11) is 0. The van der Waals surface area contributed by atoms with Crippen LogP contribution in [0, 0.1) is 0 Å². The molecule has 1 aromatic carbocycles. The first-order chi connectivity index (χ1) is 8.72. The lowest BCUT2D eigenvalue weighted by molar-refractivity contribution is 0.0600. The quantitative estimate of drug-likeness (QED) is 0.912. The molecule has 18 heavy (non-hydrogen) atoms. The largest absolute Gasteiger partial charge is 0.394 e. The van der Waals surface area contributed by atoms with Gasteiger partial charge >= 0.3 is 0 Å². The SMILES string of the molecule is O=C(c1ccc(Br)cc1)N1CCCCCC1CO. The second kappa shape index (κ2) is 6.34. The molecule has 1 unspecified atom stereocenters. The van der Waals surface area contributed by atoms with Gasteiger partial charge in [0.1, 0.15) is 0 Å². The number of nitrogens with zero attached hydrogens (tertiary/aromatic N) is 1. The zero-order valence-corrected chi connectivity index (χ0v) is 11.9. The average molecular weight is 312 g/mol. The molecule has 98 valence electrons. The summed E-state index contributed by atoms with van der Waals surface area (Å²) < 4.78 is 0.966. The lowest BCUT2D eigenvalue weighted by Crippen LogP contribution is -2.42. The van der Waals surface area contributed by atoms with E-state index < -0.39 is 0 Å². The second-order valence-corrected chi connectivity index (χ2v) is 5.61. The summed E-state index contributed by atoms with van der Waals surface area (Å²) in [5.74, 6) is 0.0310. The minimum atomic E-state index is -0.0244. The number of carbonyl (C=O) groups is 1. The monoisotopic (exact) mass is 311 g/mol. The number of carbonyl (C=O) groups excluding carboxylic acids is 1. The number of likely N-dealkylation sites (tertiary alicyclic amines) is 1. The minimum Gasteiger partial charge on any atom is -0.394 e. The van der Waals surface area contributed by atoms with E-state index in [2.05, 4.69) is 15.9 Å². The Labute approximate surface area is 116 Å². The Balaban J connectivity index is 2.17. The first kappa shape index (κ1) is 13.6. The molecule has 3 nitrogen and oxygen atoms in total. The predicted molar refractivity (Wildman–Crippen MR) is 74.5 cm³/mol. The molecular weight excluding hydrogens is 294 g/mol. The van der Waals surface area contributed by atoms with Crippen LogP contribution in [0.4, 0.5) is 0 Å². The fourth-order valence-electron chi connectivity index (χ4n) is 2.39. The zero-order chi connectivity index (χ0) is 13.0. The van der Waals surface area contributed by atoms with Gasteiger partial charge in [-0.05, 0) is 37.1 Å². The summed E-state index contributed by atoms with van der Waals surface area (Å²) >= 11 is 3.36. The van der Waals surface area contributed by atoms with E-state index in [0.29, 0.717) is 5.56 Å². The van der Waals surface area contributed by atoms with E-state index in [1.54, 1.807) is 0 Å². The minimum absolute atomic E-state index is 0.0244. The van der Waals surface area contributed by atoms with Crippen molar-refractivity contribution in [2.45, 2.75) is 31.7 Å². The third-order valence-electron chi connectivity index (χ3n) is 3.44. The van der Waals surface area contributed by atoms with Crippen LogP contribution in [0.2, 0.25) is 0 Å². The lowest BCUT2D eigenvalue weighted by Gasteiger charge is -2.28. The highest BCUT2D eigenvalue weighted by atomic mass is 79.9. The Morgan fingerprint density at radius 2 is 2.00 bits per heavy atom. The Morgan fingerprint density at radius 1 is 1.28 bits per heavy atom. The maximum atomic E-state index is 12.4. The third-order valence-corrected chi connectivity index (χ3v) is 3.97. The van der Waals surface area contributed by atoms with Crippen LogP contribution >= 0.6 is 15.9 Å². The first-order valence-electron chi connectivity index (χ1n) is 6.40. The third kappa shape index (κ3) is 3.12. The highest BCUT2D eigenvalue weighted by molar-refractivity contribution is 9.10. The highest BCUT2D eigenvalue weighted by Crippen LogP contribution is 2.20. The van der Waals surface area contributed by atoms with Gasteiger partial charge in [0.25, 0.3) is 5.91 Å². The van der Waals surface area contributed by atoms with Crippen molar-refractivity contribution >= 4 is 21.8 Å². The summed E-state index contributed by atoms with van der Waals surface area (Å²) in [6, 6.07) is 7.37. The number of amides is 1. The van der Waals surface area contributed by atoms with Gasteiger partial charge < -0.3 is 10.0 Å². The summed E-state index contributed by atoms with van der Waals surface area (Å²) in [6.07, 6.45) is 4.16. The molecule has 0 radical (unpaired) electrons. The van der Waals surface area contributed by atoms with Gasteiger partial charge in [-0.15, -0.1) is 0 Å². The maximum Gasteiger partial charge on any atom is 0.254 e. The van der Waals surface area contributed by atoms with Gasteiger partial charge in [0, 0.05) is 16.6 Å². The predicted octanol–water partition coefficient (Wildman–Crippen LogP) is 2.83. The smallest absolute Gasteiger partial charge is 0.254 e. The van der Waals surface area contributed by atoms with Crippen molar-refractivity contribution in [3.8, 4) is 0 Å². The average Bonchev–Trinajstić information content (AvgIpc) is 2.63. The van der Waals surface area contributed by atoms with Crippen LogP contribution in [0.25, 0.3) is 0 Å². The molecule has 1 aliphatic heterocycles. The molecule has 1 heterocycles. The van der Waals surface area contributed by atoms with Crippen LogP contribution in [0.3, 0.4) is 0 Å². The summed E-state index contributed by atoms with van der Waals surface area (Å²) in [6.45, 7) is 0.808. The molecule has 1 fully saturated rings. The fraction of sp³-hybridized carbons (Fsp3) is 0.500. The lowest BCUT2D eigenvalue weighted by atomic mass is 10.1. The van der Waals surface area contributed by atoms with Gasteiger partial charge in [-0.3, -0.25) is 4.79 Å². The van der Waals surface area contributed by atoms with Crippen LogP contribution in [-0.4, -0.2) is 35.1 Å². The van der Waals surface area contributed by atoms with Crippen molar-refractivity contribution in [2.75, 3.05) is 13.2 Å². The number of hydrogen-bond acceptors (Lipinski definition) is 2. The van der Waals surface area contributed by atoms with E-state index >= 15 is 0 Å². The van der Waals surface area contributed by atoms with Gasteiger partial charge in [0.05, 0.1) is 12.6 Å². The van der Waals surface area contributed by atoms with Crippen LogP contribution in [0.1, 0.15) is 36.0 Å². The number of aliphatic hydroxyl groups excluding tert-OH is 1. The molecule has 1 N–H and O–H groups in total. The molecular formula is C14H18BrNO2. The van der Waals surface area contributed by atoms with E-state index in [-0.39, 0.29) is 18.6 Å². The zero-order valence-electron chi connectivity index (χ0n) is 10.3. The molecule has 4 heteroatoms. The molecule has 0 bridgehead atoms. The van der Waals surface area contributed by atoms with Crippen molar-refractivity contribution in [1.29, 1.82) is 0 Å². The maximum absolute atomic E-state index is 12.4. The number of halogens is 1. The van der Waals surface area contributed by atoms with E-state index in [1.807, 2.05) is 29.2 Å². The fourth-order valence-corrected chi connectivity index (χ4v) is 2.66. The first-order valence-corrected chi connectivity index (χ1v) is 7.19. The van der Waals surface area contributed by atoms with Gasteiger partial charge in [-0.2, -0.15) is 0 Å². The number of hydrogen-bond donors (Lipinski definition) is 1. The van der Waals surface area contributed by atoms with Crippen molar-refractivity contribution in [1.82, 2.24) is 4.90 Å². The van der Waals surface area contributed by atoms with Crippen molar-refractivity contribution in [3.63, 3.8) is 0 Å². The Kier molecular flexibility index (Phi) is 4.78. The topological polar surface area (TPSA) is 40.5 Å². The molecule has 0 aromatic heterocycles. The van der Waals surface area contributed by atoms with Crippen molar-refractivity contribution < 1.29 is 9.90 Å². The van der Waals surface area contributed by atoms with Crippen molar-refractivity contribution in [3.05, 3.63) is 34.3 Å². The normalized spacial score (nSPS) is 20.6. The van der Waals surface area contributed by atoms with E-state index in [4.69, 9.17) is 0 Å². The van der Waals surface area contributed by atoms with E-state index in [1.165, 1.54) is 0 Å². The Morgan fingerprint density at radius 3 is 2.67 bits per heavy atom. The van der Waals surface area contributed by atoms with Gasteiger partial charge in [0.2, 0.25) is 0 Å². The molecule has 0 aliphatic carbocycles. The van der Waals surface area contributed by atoms with Crippen LogP contribution < -0.4 is 0 Å². The number of rotatable bonds is 2. The van der Waals surface area contributed by atoms with Gasteiger partial charge in [0.15, 0.2) is 0 Å².